The van der Waals surface area contributed by atoms with Crippen LogP contribution in [0.5, 0.6) is 0 Å². The van der Waals surface area contributed by atoms with Gasteiger partial charge in [0, 0.05) is 27.0 Å². The monoisotopic (exact) mass is 306 g/mol. The number of carbonyl (C=O) groups is 1. The van der Waals surface area contributed by atoms with E-state index in [-0.39, 0.29) is 17.3 Å². The van der Waals surface area contributed by atoms with Crippen molar-refractivity contribution in [3.63, 3.8) is 0 Å². The molecule has 0 bridgehead atoms. The molecule has 0 fully saturated rings. The van der Waals surface area contributed by atoms with Gasteiger partial charge in [0.1, 0.15) is 0 Å². The van der Waals surface area contributed by atoms with Crippen LogP contribution in [0, 0.1) is 0 Å². The summed E-state index contributed by atoms with van der Waals surface area (Å²) in [4.78, 5) is 23.9. The molecule has 0 aliphatic carbocycles. The minimum absolute atomic E-state index is 0.0722. The molecule has 100 valence electrons. The highest BCUT2D eigenvalue weighted by molar-refractivity contribution is 6.36. The fourth-order valence-corrected chi connectivity index (χ4v) is 2.67. The highest BCUT2D eigenvalue weighted by atomic mass is 35.5. The summed E-state index contributed by atoms with van der Waals surface area (Å²) in [6.45, 7) is 0. The zero-order chi connectivity index (χ0) is 14.3. The van der Waals surface area contributed by atoms with Crippen LogP contribution in [0.4, 0.5) is 5.95 Å². The van der Waals surface area contributed by atoms with E-state index >= 15 is 0 Å². The number of amides is 1. The molecule has 2 heterocycles. The first-order valence-electron chi connectivity index (χ1n) is 5.73. The van der Waals surface area contributed by atoms with Gasteiger partial charge in [0.05, 0.1) is 5.92 Å². The van der Waals surface area contributed by atoms with E-state index in [0.29, 0.717) is 20.8 Å². The highest BCUT2D eigenvalue weighted by Crippen LogP contribution is 2.33. The van der Waals surface area contributed by atoms with Gasteiger partial charge in [-0.1, -0.05) is 35.3 Å². The van der Waals surface area contributed by atoms with Crippen LogP contribution in [0.3, 0.4) is 0 Å². The molecule has 0 spiro atoms. The Morgan fingerprint density at radius 2 is 1.90 bits per heavy atom. The van der Waals surface area contributed by atoms with E-state index in [1.54, 1.807) is 24.3 Å². The fourth-order valence-electron chi connectivity index (χ4n) is 2.04. The number of halogens is 2. The number of hydrogen-bond donors (Lipinski definition) is 1. The topological polar surface area (TPSA) is 81.2 Å². The Morgan fingerprint density at radius 3 is 2.60 bits per heavy atom. The summed E-state index contributed by atoms with van der Waals surface area (Å²) in [5.41, 5.74) is 6.27. The van der Waals surface area contributed by atoms with E-state index in [1.165, 1.54) is 6.20 Å². The molecule has 1 amide bonds. The van der Waals surface area contributed by atoms with Crippen molar-refractivity contribution < 1.29 is 4.79 Å². The predicted molar refractivity (Wildman–Crippen MR) is 75.9 cm³/mol. The number of aromatic nitrogens is 2. The second kappa shape index (κ2) is 4.85. The third-order valence-corrected chi connectivity index (χ3v) is 3.61. The van der Waals surface area contributed by atoms with Gasteiger partial charge in [-0.3, -0.25) is 4.79 Å². The smallest absolute Gasteiger partial charge is 0.259 e. The zero-order valence-electron chi connectivity index (χ0n) is 10.0. The standard InChI is InChI=1S/C13H8Cl2N4O/c14-8-2-1-3-9(15)10(8)7-4-6-5-17-13(16)19-11(6)18-12(7)20/h1-5,7H,(H2,16,18,19,20). The average Bonchev–Trinajstić information content (AvgIpc) is 2.39. The Kier molecular flexibility index (Phi) is 3.16. The number of nitrogen functional groups attached to an aromatic ring is 1. The highest BCUT2D eigenvalue weighted by Gasteiger charge is 2.25. The lowest BCUT2D eigenvalue weighted by molar-refractivity contribution is -0.118. The van der Waals surface area contributed by atoms with Gasteiger partial charge in [-0.15, -0.1) is 0 Å². The lowest BCUT2D eigenvalue weighted by Crippen LogP contribution is -2.36. The van der Waals surface area contributed by atoms with Gasteiger partial charge >= 0.3 is 0 Å². The maximum atomic E-state index is 12.2. The molecule has 1 atom stereocenters. The first-order chi connectivity index (χ1) is 9.56. The molecule has 20 heavy (non-hydrogen) atoms. The average molecular weight is 307 g/mol. The molecule has 7 heteroatoms. The maximum Gasteiger partial charge on any atom is 0.259 e. The summed E-state index contributed by atoms with van der Waals surface area (Å²) in [6, 6.07) is 5.08. The Balaban J connectivity index is 2.23. The molecule has 3 rings (SSSR count). The minimum Gasteiger partial charge on any atom is -0.368 e. The molecule has 5 nitrogen and oxygen atoms in total. The van der Waals surface area contributed by atoms with E-state index in [4.69, 9.17) is 28.9 Å². The zero-order valence-corrected chi connectivity index (χ0v) is 11.6. The number of hydrogen-bond acceptors (Lipinski definition) is 4. The Hall–Kier alpha value is -1.98. The maximum absolute atomic E-state index is 12.2. The third kappa shape index (κ3) is 2.15. The number of fused-ring (bicyclic) bond motifs is 1. The minimum atomic E-state index is -0.643. The van der Waals surface area contributed by atoms with Crippen molar-refractivity contribution in [2.75, 3.05) is 5.73 Å². The summed E-state index contributed by atoms with van der Waals surface area (Å²) in [6.07, 6.45) is 3.21. The lowest BCUT2D eigenvalue weighted by Gasteiger charge is -2.15. The van der Waals surface area contributed by atoms with Crippen LogP contribution < -0.4 is 16.4 Å². The largest absolute Gasteiger partial charge is 0.368 e. The molecule has 1 aliphatic rings. The summed E-state index contributed by atoms with van der Waals surface area (Å²) in [7, 11) is 0. The number of benzene rings is 1. The number of nitrogens with zero attached hydrogens (tertiary/aromatic N) is 3. The van der Waals surface area contributed by atoms with E-state index < -0.39 is 5.92 Å². The second-order valence-corrected chi connectivity index (χ2v) is 5.05. The van der Waals surface area contributed by atoms with Crippen molar-refractivity contribution in [3.05, 3.63) is 50.7 Å². The van der Waals surface area contributed by atoms with Crippen molar-refractivity contribution >= 4 is 41.1 Å². The lowest BCUT2D eigenvalue weighted by atomic mass is 9.96. The van der Waals surface area contributed by atoms with Crippen molar-refractivity contribution in [3.8, 4) is 0 Å². The van der Waals surface area contributed by atoms with Crippen LogP contribution in [-0.2, 0) is 4.79 Å². The van der Waals surface area contributed by atoms with Crippen LogP contribution in [-0.4, -0.2) is 15.9 Å². The van der Waals surface area contributed by atoms with Crippen LogP contribution in [0.25, 0.3) is 6.08 Å². The number of nitrogens with two attached hydrogens (primary N) is 1. The summed E-state index contributed by atoms with van der Waals surface area (Å²) < 4.78 is 0. The molecule has 2 N–H and O–H groups in total. The number of anilines is 1. The summed E-state index contributed by atoms with van der Waals surface area (Å²) >= 11 is 12.3. The quantitative estimate of drug-likeness (QED) is 0.855. The molecule has 0 saturated carbocycles. The van der Waals surface area contributed by atoms with E-state index in [9.17, 15) is 4.79 Å². The predicted octanol–water partition coefficient (Wildman–Crippen LogP) is 1.09. The summed E-state index contributed by atoms with van der Waals surface area (Å²) in [5, 5.41) is 1.46. The molecule has 1 aromatic carbocycles. The molecular formula is C13H8Cl2N4O. The number of rotatable bonds is 1. The van der Waals surface area contributed by atoms with Crippen molar-refractivity contribution in [1.29, 1.82) is 0 Å². The molecular weight excluding hydrogens is 299 g/mol. The van der Waals surface area contributed by atoms with Crippen LogP contribution >= 0.6 is 23.2 Å². The molecule has 2 aromatic rings. The fraction of sp³-hybridized carbons (Fsp3) is 0.0769. The molecule has 1 aliphatic heterocycles. The van der Waals surface area contributed by atoms with Crippen molar-refractivity contribution in [1.82, 2.24) is 9.97 Å². The first kappa shape index (κ1) is 13.0. The van der Waals surface area contributed by atoms with E-state index in [0.717, 1.165) is 0 Å². The molecule has 1 unspecified atom stereocenters. The SMILES string of the molecule is Nc1ncc2c(n1)=NC(=O)C(c1c(Cl)cccc1Cl)C=2. The third-order valence-electron chi connectivity index (χ3n) is 2.95. The van der Waals surface area contributed by atoms with E-state index in [1.807, 2.05) is 0 Å². The van der Waals surface area contributed by atoms with Crippen LogP contribution in [0.15, 0.2) is 29.4 Å². The second-order valence-electron chi connectivity index (χ2n) is 4.24. The Morgan fingerprint density at radius 1 is 1.20 bits per heavy atom. The van der Waals surface area contributed by atoms with Crippen LogP contribution in [0.2, 0.25) is 10.0 Å². The molecule has 0 radical (unpaired) electrons. The van der Waals surface area contributed by atoms with Gasteiger partial charge in [0.15, 0.2) is 5.49 Å². The molecule has 0 saturated heterocycles. The first-order valence-corrected chi connectivity index (χ1v) is 6.48. The normalized spacial score (nSPS) is 17.1. The van der Waals surface area contributed by atoms with Gasteiger partial charge in [-0.05, 0) is 12.1 Å². The number of carbonyl (C=O) groups excluding carboxylic acids is 1. The van der Waals surface area contributed by atoms with Gasteiger partial charge in [-0.2, -0.15) is 9.98 Å². The summed E-state index contributed by atoms with van der Waals surface area (Å²) in [5.74, 6) is -0.954. The van der Waals surface area contributed by atoms with Gasteiger partial charge in [-0.25, -0.2) is 4.98 Å². The Bertz CT molecular complexity index is 815. The van der Waals surface area contributed by atoms with Gasteiger partial charge in [0.2, 0.25) is 5.95 Å². The molecule has 1 aromatic heterocycles. The van der Waals surface area contributed by atoms with Gasteiger partial charge in [0.25, 0.3) is 5.91 Å². The van der Waals surface area contributed by atoms with Crippen molar-refractivity contribution in [2.45, 2.75) is 5.92 Å². The van der Waals surface area contributed by atoms with Gasteiger partial charge < -0.3 is 5.73 Å². The van der Waals surface area contributed by atoms with Crippen LogP contribution in [0.1, 0.15) is 11.5 Å². The Labute approximate surface area is 123 Å². The van der Waals surface area contributed by atoms with Crippen molar-refractivity contribution in [2.24, 2.45) is 4.99 Å². The van der Waals surface area contributed by atoms with E-state index in [2.05, 4.69) is 15.0 Å².